The molecule has 0 aliphatic heterocycles. The molecule has 1 atom stereocenters. The average molecular weight is 233 g/mol. The zero-order chi connectivity index (χ0) is 12.8. The lowest BCUT2D eigenvalue weighted by Gasteiger charge is -2.17. The minimum Gasteiger partial charge on any atom is -0.493 e. The number of aryl methyl sites for hydroxylation is 1. The normalized spacial score (nSPS) is 12.2. The van der Waals surface area contributed by atoms with Gasteiger partial charge in [0.05, 0.1) is 6.61 Å². The summed E-state index contributed by atoms with van der Waals surface area (Å²) in [6.45, 7) is 10.8. The molecule has 0 aliphatic rings. The minimum absolute atomic E-state index is 0.301. The van der Waals surface area contributed by atoms with Crippen LogP contribution in [0.15, 0.2) is 30.4 Å². The van der Waals surface area contributed by atoms with Crippen molar-refractivity contribution in [3.63, 3.8) is 0 Å². The highest BCUT2D eigenvalue weighted by molar-refractivity contribution is 5.38. The van der Waals surface area contributed by atoms with Crippen molar-refractivity contribution in [1.82, 2.24) is 5.32 Å². The third kappa shape index (κ3) is 4.23. The van der Waals surface area contributed by atoms with Crippen LogP contribution in [0.1, 0.15) is 37.4 Å². The zero-order valence-electron chi connectivity index (χ0n) is 11.3. The first kappa shape index (κ1) is 13.8. The number of benzene rings is 1. The number of nitrogens with one attached hydrogen (secondary N) is 1. The molecule has 0 bridgehead atoms. The van der Waals surface area contributed by atoms with Gasteiger partial charge in [-0.1, -0.05) is 23.3 Å². The smallest absolute Gasteiger partial charge is 0.124 e. The monoisotopic (exact) mass is 233 g/mol. The van der Waals surface area contributed by atoms with E-state index in [1.54, 1.807) is 0 Å². The van der Waals surface area contributed by atoms with Gasteiger partial charge in [0.2, 0.25) is 0 Å². The standard InChI is InChI=1S/C15H23NO/c1-11(2)8-9-17-15-7-6-12(3)10-14(15)13(4)16-5/h6-7,10,13,16H,1,8-9H2,2-5H3. The van der Waals surface area contributed by atoms with Crippen molar-refractivity contribution < 1.29 is 4.74 Å². The summed E-state index contributed by atoms with van der Waals surface area (Å²) in [5.41, 5.74) is 3.63. The van der Waals surface area contributed by atoms with Crippen molar-refractivity contribution in [3.05, 3.63) is 41.5 Å². The van der Waals surface area contributed by atoms with Crippen LogP contribution in [0, 0.1) is 6.92 Å². The largest absolute Gasteiger partial charge is 0.493 e. The maximum Gasteiger partial charge on any atom is 0.124 e. The SMILES string of the molecule is C=C(C)CCOc1ccc(C)cc1C(C)NC. The van der Waals surface area contributed by atoms with Crippen LogP contribution in [0.25, 0.3) is 0 Å². The summed E-state index contributed by atoms with van der Waals surface area (Å²) in [5, 5.41) is 3.25. The summed E-state index contributed by atoms with van der Waals surface area (Å²) < 4.78 is 5.83. The van der Waals surface area contributed by atoms with E-state index in [2.05, 4.69) is 43.9 Å². The van der Waals surface area contributed by atoms with Crippen LogP contribution >= 0.6 is 0 Å². The lowest BCUT2D eigenvalue weighted by molar-refractivity contribution is 0.315. The van der Waals surface area contributed by atoms with Crippen molar-refractivity contribution >= 4 is 0 Å². The summed E-state index contributed by atoms with van der Waals surface area (Å²) in [5.74, 6) is 0.971. The Kier molecular flexibility index (Phi) is 5.23. The molecule has 2 heteroatoms. The van der Waals surface area contributed by atoms with Crippen molar-refractivity contribution in [3.8, 4) is 5.75 Å². The van der Waals surface area contributed by atoms with E-state index < -0.39 is 0 Å². The summed E-state index contributed by atoms with van der Waals surface area (Å²) in [6, 6.07) is 6.62. The summed E-state index contributed by atoms with van der Waals surface area (Å²) >= 11 is 0. The van der Waals surface area contributed by atoms with Crippen LogP contribution < -0.4 is 10.1 Å². The highest BCUT2D eigenvalue weighted by Crippen LogP contribution is 2.26. The topological polar surface area (TPSA) is 21.3 Å². The van der Waals surface area contributed by atoms with Gasteiger partial charge in [0.1, 0.15) is 5.75 Å². The van der Waals surface area contributed by atoms with Gasteiger partial charge in [0, 0.05) is 18.0 Å². The van der Waals surface area contributed by atoms with Crippen molar-refractivity contribution in [2.45, 2.75) is 33.2 Å². The van der Waals surface area contributed by atoms with E-state index in [0.717, 1.165) is 17.7 Å². The third-order valence-electron chi connectivity index (χ3n) is 2.85. The first-order valence-electron chi connectivity index (χ1n) is 6.09. The first-order valence-corrected chi connectivity index (χ1v) is 6.09. The quantitative estimate of drug-likeness (QED) is 0.758. The van der Waals surface area contributed by atoms with Gasteiger partial charge in [-0.25, -0.2) is 0 Å². The number of hydrogen-bond acceptors (Lipinski definition) is 2. The van der Waals surface area contributed by atoms with E-state index in [1.165, 1.54) is 11.1 Å². The van der Waals surface area contributed by atoms with Crippen molar-refractivity contribution in [2.75, 3.05) is 13.7 Å². The van der Waals surface area contributed by atoms with Crippen molar-refractivity contribution in [1.29, 1.82) is 0 Å². The predicted molar refractivity (Wildman–Crippen MR) is 73.6 cm³/mol. The van der Waals surface area contributed by atoms with Crippen LogP contribution in [-0.2, 0) is 0 Å². The molecule has 0 aromatic heterocycles. The van der Waals surface area contributed by atoms with Crippen LogP contribution in [0.5, 0.6) is 5.75 Å². The molecule has 0 aliphatic carbocycles. The lowest BCUT2D eigenvalue weighted by Crippen LogP contribution is -2.14. The maximum absolute atomic E-state index is 5.83. The molecule has 1 unspecified atom stereocenters. The molecular weight excluding hydrogens is 210 g/mol. The van der Waals surface area contributed by atoms with Gasteiger partial charge in [-0.15, -0.1) is 6.58 Å². The van der Waals surface area contributed by atoms with E-state index >= 15 is 0 Å². The Balaban J connectivity index is 2.79. The third-order valence-corrected chi connectivity index (χ3v) is 2.85. The van der Waals surface area contributed by atoms with Gasteiger partial charge in [-0.3, -0.25) is 0 Å². The number of ether oxygens (including phenoxy) is 1. The molecule has 0 saturated heterocycles. The van der Waals surface area contributed by atoms with Gasteiger partial charge in [0.15, 0.2) is 0 Å². The van der Waals surface area contributed by atoms with Gasteiger partial charge < -0.3 is 10.1 Å². The molecular formula is C15H23NO. The summed E-state index contributed by atoms with van der Waals surface area (Å²) in [6.07, 6.45) is 0.904. The van der Waals surface area contributed by atoms with Crippen LogP contribution in [0.4, 0.5) is 0 Å². The Bertz CT molecular complexity index is 385. The fraction of sp³-hybridized carbons (Fsp3) is 0.467. The fourth-order valence-electron chi connectivity index (χ4n) is 1.63. The second kappa shape index (κ2) is 6.45. The molecule has 0 spiro atoms. The molecule has 2 nitrogen and oxygen atoms in total. The van der Waals surface area contributed by atoms with Crippen molar-refractivity contribution in [2.24, 2.45) is 0 Å². The van der Waals surface area contributed by atoms with Crippen LogP contribution in [-0.4, -0.2) is 13.7 Å². The van der Waals surface area contributed by atoms with Gasteiger partial charge in [-0.2, -0.15) is 0 Å². The van der Waals surface area contributed by atoms with Gasteiger partial charge >= 0.3 is 0 Å². The Morgan fingerprint density at radius 2 is 2.18 bits per heavy atom. The fourth-order valence-corrected chi connectivity index (χ4v) is 1.63. The molecule has 1 aromatic rings. The first-order chi connectivity index (χ1) is 8.04. The van der Waals surface area contributed by atoms with E-state index in [-0.39, 0.29) is 0 Å². The van der Waals surface area contributed by atoms with E-state index in [0.29, 0.717) is 12.6 Å². The average Bonchev–Trinajstić information content (AvgIpc) is 2.29. The summed E-state index contributed by atoms with van der Waals surface area (Å²) in [7, 11) is 1.96. The molecule has 1 N–H and O–H groups in total. The predicted octanol–water partition coefficient (Wildman–Crippen LogP) is 3.62. The van der Waals surface area contributed by atoms with Gasteiger partial charge in [0.25, 0.3) is 0 Å². The Morgan fingerprint density at radius 3 is 2.76 bits per heavy atom. The molecule has 0 heterocycles. The molecule has 1 aromatic carbocycles. The number of hydrogen-bond donors (Lipinski definition) is 1. The second-order valence-electron chi connectivity index (χ2n) is 4.61. The van der Waals surface area contributed by atoms with E-state index in [4.69, 9.17) is 4.74 Å². The Morgan fingerprint density at radius 1 is 1.47 bits per heavy atom. The van der Waals surface area contributed by atoms with Crippen LogP contribution in [0.2, 0.25) is 0 Å². The molecule has 94 valence electrons. The molecule has 0 amide bonds. The Labute approximate surface area is 105 Å². The Hall–Kier alpha value is -1.28. The second-order valence-corrected chi connectivity index (χ2v) is 4.61. The molecule has 0 radical (unpaired) electrons. The zero-order valence-corrected chi connectivity index (χ0v) is 11.3. The minimum atomic E-state index is 0.301. The molecule has 1 rings (SSSR count). The highest BCUT2D eigenvalue weighted by Gasteiger charge is 2.10. The van der Waals surface area contributed by atoms with E-state index in [1.807, 2.05) is 14.0 Å². The number of rotatable bonds is 6. The molecule has 0 saturated carbocycles. The summed E-state index contributed by atoms with van der Waals surface area (Å²) in [4.78, 5) is 0. The van der Waals surface area contributed by atoms with Gasteiger partial charge in [-0.05, 0) is 33.9 Å². The molecule has 17 heavy (non-hydrogen) atoms. The van der Waals surface area contributed by atoms with Crippen LogP contribution in [0.3, 0.4) is 0 Å². The lowest BCUT2D eigenvalue weighted by atomic mass is 10.0. The molecule has 0 fully saturated rings. The highest BCUT2D eigenvalue weighted by atomic mass is 16.5. The maximum atomic E-state index is 5.83. The van der Waals surface area contributed by atoms with E-state index in [9.17, 15) is 0 Å².